The molecule has 0 spiro atoms. The van der Waals surface area contributed by atoms with Crippen LogP contribution in [0.1, 0.15) is 175 Å². The zero-order chi connectivity index (χ0) is 42.5. The van der Waals surface area contributed by atoms with Crippen LogP contribution in [0.4, 0.5) is 0 Å². The summed E-state index contributed by atoms with van der Waals surface area (Å²) in [7, 11) is -3.19. The van der Waals surface area contributed by atoms with Crippen LogP contribution < -0.4 is 56.6 Å². The van der Waals surface area contributed by atoms with Crippen LogP contribution in [0.15, 0.2) is 97.1 Å². The average Bonchev–Trinajstić information content (AvgIpc) is 3.42. The molecule has 0 radical (unpaired) electrons. The quantitative estimate of drug-likeness (QED) is 0.192. The molecule has 0 amide bonds. The second kappa shape index (κ2) is 17.5. The number of benzene rings is 5. The fraction of sp³-hybridized carbons (Fsp3) is 0.455. The molecule has 0 heterocycles. The van der Waals surface area contributed by atoms with Crippen molar-refractivity contribution in [1.82, 2.24) is 0 Å². The van der Waals surface area contributed by atoms with Crippen LogP contribution in [-0.2, 0) is 52.9 Å². The van der Waals surface area contributed by atoms with Crippen molar-refractivity contribution in [3.8, 4) is 11.1 Å². The molecule has 0 aromatic heterocycles. The summed E-state index contributed by atoms with van der Waals surface area (Å²) >= 11 is 2.38. The van der Waals surface area contributed by atoms with Crippen LogP contribution in [0.25, 0.3) is 11.1 Å². The molecule has 0 aliphatic heterocycles. The van der Waals surface area contributed by atoms with Crippen molar-refractivity contribution in [3.05, 3.63) is 142 Å². The normalized spacial score (nSPS) is 14.7. The smallest absolute Gasteiger partial charge is 1.00 e. The molecule has 5 aromatic rings. The van der Waals surface area contributed by atoms with E-state index in [-0.39, 0.29) is 75.3 Å². The predicted molar refractivity (Wildman–Crippen MR) is 250 cm³/mol. The Balaban J connectivity index is 0.00000320. The number of halogens is 3. The summed E-state index contributed by atoms with van der Waals surface area (Å²) in [6.45, 7) is 43.3. The van der Waals surface area contributed by atoms with E-state index in [9.17, 15) is 0 Å². The first-order valence-corrected chi connectivity index (χ1v) is 24.2. The Morgan fingerprint density at radius 2 is 0.650 bits per heavy atom. The molecule has 1 aliphatic rings. The van der Waals surface area contributed by atoms with Gasteiger partial charge >= 0.3 is 363 Å². The third-order valence-electron chi connectivity index (χ3n) is 12.8. The summed E-state index contributed by atoms with van der Waals surface area (Å²) in [6, 6.07) is 40.2. The Bertz CT molecular complexity index is 2050. The van der Waals surface area contributed by atoms with Crippen LogP contribution in [0, 0.1) is 0 Å². The first-order chi connectivity index (χ1) is 25.9. The first kappa shape index (κ1) is 52.2. The Morgan fingerprint density at radius 3 is 0.950 bits per heavy atom. The average molecular weight is 914 g/mol. The molecule has 0 nitrogen and oxygen atoms in total. The van der Waals surface area contributed by atoms with Gasteiger partial charge in [-0.2, -0.15) is 0 Å². The maximum Gasteiger partial charge on any atom is -1.00 e. The molecule has 0 bridgehead atoms. The third kappa shape index (κ3) is 9.83. The van der Waals surface area contributed by atoms with Crippen LogP contribution in [-0.4, -0.2) is 8.07 Å². The number of fused-ring (bicyclic) bond motifs is 3. The Morgan fingerprint density at radius 1 is 0.367 bits per heavy atom. The van der Waals surface area contributed by atoms with Gasteiger partial charge in [0.2, 0.25) is 0 Å². The van der Waals surface area contributed by atoms with Gasteiger partial charge in [0.15, 0.2) is 0 Å². The van der Waals surface area contributed by atoms with Gasteiger partial charge in [0.1, 0.15) is 0 Å². The van der Waals surface area contributed by atoms with E-state index in [0.717, 1.165) is 0 Å². The van der Waals surface area contributed by atoms with Gasteiger partial charge in [0.25, 0.3) is 0 Å². The van der Waals surface area contributed by atoms with E-state index in [1.807, 2.05) is 0 Å². The van der Waals surface area contributed by atoms with E-state index in [0.29, 0.717) is 0 Å². The van der Waals surface area contributed by atoms with E-state index in [2.05, 4.69) is 242 Å². The van der Waals surface area contributed by atoms with Gasteiger partial charge in [-0.05, 0) is 0 Å². The molecule has 6 rings (SSSR count). The van der Waals surface area contributed by atoms with Gasteiger partial charge in [-0.15, -0.1) is 0 Å². The van der Waals surface area contributed by atoms with Crippen LogP contribution in [0.5, 0.6) is 0 Å². The molecule has 0 fully saturated rings. The summed E-state index contributed by atoms with van der Waals surface area (Å²) in [5, 5.41) is 4.56. The number of hydrogen-bond acceptors (Lipinski definition) is 0. The Kier molecular flexibility index (Phi) is 15.2. The molecular weight excluding hydrogens is 843 g/mol. The van der Waals surface area contributed by atoms with Gasteiger partial charge in [0.05, 0.1) is 0 Å². The molecule has 320 valence electrons. The number of hydrogen-bond donors (Lipinski definition) is 0. The molecule has 0 N–H and O–H groups in total. The molecule has 1 aliphatic carbocycles. The minimum absolute atomic E-state index is 0. The van der Waals surface area contributed by atoms with Gasteiger partial charge < -0.3 is 37.2 Å². The van der Waals surface area contributed by atoms with Crippen LogP contribution in [0.3, 0.4) is 0 Å². The molecule has 5 aromatic carbocycles. The standard InChI is InChI=1S/C55H71Si.3ClH.Ti/c1-50(2,3)36-27-37(51(4,5)6)31-42(30-36)56(43-32-38(52(7,8)9)28-39(33-43)53(10,11)12,44-34-40(54(13,14)15)29-41(35-44)55(16,17)18)49-47-25-21-19-23-45(47)46-24-20-22-26-48(46)49;;;;/h19-25,27-35,49H,1-18H3;3*1H;/q;;;;+3/p-3. The van der Waals surface area contributed by atoms with Crippen molar-refractivity contribution in [2.75, 3.05) is 0 Å². The summed E-state index contributed by atoms with van der Waals surface area (Å²) in [5.41, 5.74) is 14.2. The first-order valence-electron chi connectivity index (χ1n) is 21.4. The molecular formula is C55H71Cl3SiTi. The van der Waals surface area contributed by atoms with Gasteiger partial charge in [-0.1, -0.05) is 0 Å². The largest absolute Gasteiger partial charge is 1.00 e. The maximum absolute atomic E-state index is 3.19. The van der Waals surface area contributed by atoms with Gasteiger partial charge in [-0.25, -0.2) is 0 Å². The van der Waals surface area contributed by atoms with Crippen molar-refractivity contribution < 1.29 is 57.7 Å². The topological polar surface area (TPSA) is 0 Å². The SMILES string of the molecule is CC(C)(C)c1cc(C(C)(C)C)cc([Si](c2cc(C(C)(C)C)cc(C(C)(C)C)c2)(c2cc(C(C)(C)C)cc(C(C)(C)C)c2)C2c3ccccc3-c3ccc[c]([Ti+3])c32)c1.[Cl-].[Cl-].[Cl-]. The summed E-state index contributed by atoms with van der Waals surface area (Å²) < 4.78 is 1.39. The second-order valence-corrected chi connectivity index (χ2v) is 28.3. The van der Waals surface area contributed by atoms with Crippen molar-refractivity contribution in [2.24, 2.45) is 0 Å². The molecule has 1 atom stereocenters. The van der Waals surface area contributed by atoms with Crippen molar-refractivity contribution >= 4 is 27.5 Å². The van der Waals surface area contributed by atoms with Crippen molar-refractivity contribution in [2.45, 2.75) is 163 Å². The van der Waals surface area contributed by atoms with Gasteiger partial charge in [-0.3, -0.25) is 0 Å². The summed E-state index contributed by atoms with van der Waals surface area (Å²) in [5.74, 6) is 0. The van der Waals surface area contributed by atoms with E-state index in [1.165, 1.54) is 75.1 Å². The van der Waals surface area contributed by atoms with E-state index >= 15 is 0 Å². The van der Waals surface area contributed by atoms with Crippen molar-refractivity contribution in [3.63, 3.8) is 0 Å². The molecule has 60 heavy (non-hydrogen) atoms. The molecule has 5 heteroatoms. The summed E-state index contributed by atoms with van der Waals surface area (Å²) in [6.07, 6.45) is 0. The Labute approximate surface area is 397 Å². The van der Waals surface area contributed by atoms with Crippen LogP contribution in [0.2, 0.25) is 0 Å². The minimum atomic E-state index is -3.19. The molecule has 0 saturated heterocycles. The zero-order valence-electron chi connectivity index (χ0n) is 39.9. The fourth-order valence-corrected chi connectivity index (χ4v) is 15.4. The maximum atomic E-state index is 2.68. The van der Waals surface area contributed by atoms with E-state index < -0.39 is 8.07 Å². The minimum Gasteiger partial charge on any atom is -1.00 e. The third-order valence-corrected chi connectivity index (χ3v) is 18.5. The zero-order valence-corrected chi connectivity index (χ0v) is 44.8. The van der Waals surface area contributed by atoms with E-state index in [4.69, 9.17) is 0 Å². The second-order valence-electron chi connectivity index (χ2n) is 23.5. The fourth-order valence-electron chi connectivity index (χ4n) is 8.87. The van der Waals surface area contributed by atoms with E-state index in [1.54, 1.807) is 0 Å². The Hall–Kier alpha value is -2.10. The summed E-state index contributed by atoms with van der Waals surface area (Å²) in [4.78, 5) is 0. The van der Waals surface area contributed by atoms with Crippen molar-refractivity contribution in [1.29, 1.82) is 0 Å². The molecule has 1 unspecified atom stereocenters. The monoisotopic (exact) mass is 912 g/mol. The number of rotatable bonds is 4. The molecule has 0 saturated carbocycles. The predicted octanol–water partition coefficient (Wildman–Crippen LogP) is 3.48. The van der Waals surface area contributed by atoms with Crippen LogP contribution >= 0.6 is 0 Å². The van der Waals surface area contributed by atoms with Gasteiger partial charge in [0, 0.05) is 0 Å².